The lowest BCUT2D eigenvalue weighted by atomic mass is 9.98. The van der Waals surface area contributed by atoms with Crippen molar-refractivity contribution in [1.82, 2.24) is 0 Å². The van der Waals surface area contributed by atoms with Gasteiger partial charge in [-0.1, -0.05) is 49.6 Å². The summed E-state index contributed by atoms with van der Waals surface area (Å²) in [6, 6.07) is 10.8. The zero-order valence-electron chi connectivity index (χ0n) is 18.7. The van der Waals surface area contributed by atoms with Gasteiger partial charge in [0.05, 0.1) is 13.0 Å². The van der Waals surface area contributed by atoms with Crippen molar-refractivity contribution in [3.8, 4) is 5.75 Å². The van der Waals surface area contributed by atoms with Crippen molar-refractivity contribution >= 4 is 16.7 Å². The quantitative estimate of drug-likeness (QED) is 0.143. The van der Waals surface area contributed by atoms with Crippen LogP contribution in [-0.4, -0.2) is 19.3 Å². The highest BCUT2D eigenvalue weighted by Crippen LogP contribution is 2.31. The van der Waals surface area contributed by atoms with Crippen LogP contribution in [0.4, 0.5) is 13.2 Å². The zero-order chi connectivity index (χ0) is 23.6. The van der Waals surface area contributed by atoms with Crippen LogP contribution in [-0.2, 0) is 9.53 Å². The van der Waals surface area contributed by atoms with E-state index in [9.17, 15) is 18.0 Å². The first-order valence-electron chi connectivity index (χ1n) is 10.9. The fraction of sp³-hybridized carbons (Fsp3) is 0.423. The van der Waals surface area contributed by atoms with Crippen LogP contribution in [0.25, 0.3) is 10.8 Å². The Morgan fingerprint density at radius 3 is 2.28 bits per heavy atom. The van der Waals surface area contributed by atoms with Crippen LogP contribution in [0.3, 0.4) is 0 Å². The number of ether oxygens (including phenoxy) is 2. The van der Waals surface area contributed by atoms with E-state index in [0.717, 1.165) is 49.0 Å². The maximum absolute atomic E-state index is 13.4. The molecule has 0 fully saturated rings. The lowest BCUT2D eigenvalue weighted by Crippen LogP contribution is -2.21. The van der Waals surface area contributed by atoms with Crippen molar-refractivity contribution in [3.63, 3.8) is 0 Å². The highest BCUT2D eigenvalue weighted by molar-refractivity contribution is 5.87. The average Bonchev–Trinajstić information content (AvgIpc) is 2.77. The largest absolute Gasteiger partial charge is 0.497 e. The SMILES string of the molecule is C=CCCCCCCC/C=C(/OC(=O)[C@@H](C)c1ccc2cc(OC)ccc2c1)C(F)(F)F. The molecular formula is C26H31F3O3. The summed E-state index contributed by atoms with van der Waals surface area (Å²) in [5.41, 5.74) is 0.591. The molecule has 0 N–H and O–H groups in total. The number of rotatable bonds is 12. The van der Waals surface area contributed by atoms with Gasteiger partial charge < -0.3 is 9.47 Å². The molecule has 2 aromatic rings. The Kier molecular flexibility index (Phi) is 9.82. The standard InChI is InChI=1S/C26H31F3O3/c1-4-5-6-7-8-9-10-11-12-24(26(27,28)29)32-25(30)19(2)20-13-14-22-18-23(31-3)16-15-21(22)17-20/h4,12-19H,1,5-11H2,2-3H3/b24-12+/t19-/m0/s1. The predicted molar refractivity (Wildman–Crippen MR) is 122 cm³/mol. The van der Waals surface area contributed by atoms with Gasteiger partial charge in [0.25, 0.3) is 0 Å². The summed E-state index contributed by atoms with van der Waals surface area (Å²) >= 11 is 0. The van der Waals surface area contributed by atoms with Gasteiger partial charge in [0.2, 0.25) is 5.76 Å². The third-order valence-corrected chi connectivity index (χ3v) is 5.36. The lowest BCUT2D eigenvalue weighted by Gasteiger charge is -2.16. The van der Waals surface area contributed by atoms with E-state index in [0.29, 0.717) is 17.7 Å². The minimum absolute atomic E-state index is 0.218. The Hall–Kier alpha value is -2.76. The molecular weight excluding hydrogens is 417 g/mol. The van der Waals surface area contributed by atoms with E-state index in [1.807, 2.05) is 24.3 Å². The molecule has 0 aliphatic heterocycles. The summed E-state index contributed by atoms with van der Waals surface area (Å²) in [5.74, 6) is -2.29. The van der Waals surface area contributed by atoms with Crippen LogP contribution in [0, 0.1) is 0 Å². The van der Waals surface area contributed by atoms with Crippen LogP contribution in [0.15, 0.2) is 60.9 Å². The summed E-state index contributed by atoms with van der Waals surface area (Å²) in [4.78, 5) is 12.5. The number of carbonyl (C=O) groups is 1. The van der Waals surface area contributed by atoms with Gasteiger partial charge in [0, 0.05) is 0 Å². The van der Waals surface area contributed by atoms with Gasteiger partial charge in [-0.05, 0) is 67.2 Å². The van der Waals surface area contributed by atoms with Crippen molar-refractivity contribution < 1.29 is 27.4 Å². The topological polar surface area (TPSA) is 35.5 Å². The fourth-order valence-corrected chi connectivity index (χ4v) is 3.38. The molecule has 0 heterocycles. The maximum atomic E-state index is 13.4. The molecule has 0 aliphatic rings. The van der Waals surface area contributed by atoms with Crippen LogP contribution in [0.2, 0.25) is 0 Å². The highest BCUT2D eigenvalue weighted by Gasteiger charge is 2.38. The average molecular weight is 449 g/mol. The molecule has 0 bridgehead atoms. The first kappa shape index (κ1) is 25.5. The maximum Gasteiger partial charge on any atom is 0.449 e. The molecule has 0 radical (unpaired) electrons. The molecule has 0 unspecified atom stereocenters. The van der Waals surface area contributed by atoms with E-state index in [-0.39, 0.29) is 6.42 Å². The van der Waals surface area contributed by atoms with E-state index in [2.05, 4.69) is 6.58 Å². The molecule has 32 heavy (non-hydrogen) atoms. The number of allylic oxidation sites excluding steroid dienone is 3. The first-order valence-corrected chi connectivity index (χ1v) is 10.9. The fourth-order valence-electron chi connectivity index (χ4n) is 3.38. The number of methoxy groups -OCH3 is 1. The minimum atomic E-state index is -4.71. The number of unbranched alkanes of at least 4 members (excludes halogenated alkanes) is 6. The second-order valence-electron chi connectivity index (χ2n) is 7.82. The number of fused-ring (bicyclic) bond motifs is 1. The molecule has 0 saturated heterocycles. The van der Waals surface area contributed by atoms with Gasteiger partial charge in [-0.3, -0.25) is 4.79 Å². The van der Waals surface area contributed by atoms with Crippen molar-refractivity contribution in [2.45, 2.75) is 64.0 Å². The van der Waals surface area contributed by atoms with Crippen LogP contribution in [0.5, 0.6) is 5.75 Å². The Morgan fingerprint density at radius 1 is 1.00 bits per heavy atom. The van der Waals surface area contributed by atoms with Gasteiger partial charge >= 0.3 is 12.1 Å². The van der Waals surface area contributed by atoms with Gasteiger partial charge in [-0.2, -0.15) is 13.2 Å². The number of hydrogen-bond donors (Lipinski definition) is 0. The van der Waals surface area contributed by atoms with E-state index in [1.54, 1.807) is 32.2 Å². The number of esters is 1. The summed E-state index contributed by atoms with van der Waals surface area (Å²) in [7, 11) is 1.57. The van der Waals surface area contributed by atoms with E-state index < -0.39 is 23.8 Å². The molecule has 0 amide bonds. The molecule has 2 aromatic carbocycles. The molecule has 0 spiro atoms. The summed E-state index contributed by atoms with van der Waals surface area (Å²) in [6.07, 6.45) is 3.82. The van der Waals surface area contributed by atoms with Gasteiger partial charge in [0.1, 0.15) is 5.75 Å². The van der Waals surface area contributed by atoms with Crippen LogP contribution < -0.4 is 4.74 Å². The first-order chi connectivity index (χ1) is 15.3. The Bertz CT molecular complexity index is 932. The molecule has 0 saturated carbocycles. The molecule has 3 nitrogen and oxygen atoms in total. The number of carbonyl (C=O) groups excluding carboxylic acids is 1. The molecule has 1 atom stereocenters. The van der Waals surface area contributed by atoms with E-state index >= 15 is 0 Å². The number of halogens is 3. The van der Waals surface area contributed by atoms with Gasteiger partial charge in [-0.25, -0.2) is 0 Å². The smallest absolute Gasteiger partial charge is 0.449 e. The number of alkyl halides is 3. The molecule has 2 rings (SSSR count). The minimum Gasteiger partial charge on any atom is -0.497 e. The predicted octanol–water partition coefficient (Wildman–Crippen LogP) is 7.86. The van der Waals surface area contributed by atoms with E-state index in [4.69, 9.17) is 9.47 Å². The Labute approximate surface area is 187 Å². The number of benzene rings is 2. The zero-order valence-corrected chi connectivity index (χ0v) is 18.7. The van der Waals surface area contributed by atoms with Crippen molar-refractivity contribution in [2.24, 2.45) is 0 Å². The van der Waals surface area contributed by atoms with Crippen molar-refractivity contribution in [3.05, 3.63) is 66.5 Å². The highest BCUT2D eigenvalue weighted by atomic mass is 19.4. The van der Waals surface area contributed by atoms with E-state index in [1.165, 1.54) is 0 Å². The third-order valence-electron chi connectivity index (χ3n) is 5.36. The second-order valence-corrected chi connectivity index (χ2v) is 7.82. The third kappa shape index (κ3) is 7.74. The summed E-state index contributed by atoms with van der Waals surface area (Å²) in [6.45, 7) is 5.21. The molecule has 0 aromatic heterocycles. The molecule has 6 heteroatoms. The molecule has 174 valence electrons. The van der Waals surface area contributed by atoms with Crippen molar-refractivity contribution in [2.75, 3.05) is 7.11 Å². The lowest BCUT2D eigenvalue weighted by molar-refractivity contribution is -0.161. The molecule has 0 aliphatic carbocycles. The Morgan fingerprint density at radius 2 is 1.62 bits per heavy atom. The van der Waals surface area contributed by atoms with Crippen molar-refractivity contribution in [1.29, 1.82) is 0 Å². The van der Waals surface area contributed by atoms with Gasteiger partial charge in [-0.15, -0.1) is 6.58 Å². The van der Waals surface area contributed by atoms with Crippen LogP contribution >= 0.6 is 0 Å². The van der Waals surface area contributed by atoms with Crippen LogP contribution in [0.1, 0.15) is 63.4 Å². The Balaban J connectivity index is 1.99. The summed E-state index contributed by atoms with van der Waals surface area (Å²) in [5, 5.41) is 1.77. The summed E-state index contributed by atoms with van der Waals surface area (Å²) < 4.78 is 50.1. The monoisotopic (exact) mass is 448 g/mol. The second kappa shape index (κ2) is 12.3. The normalized spacial score (nSPS) is 13.1. The number of hydrogen-bond acceptors (Lipinski definition) is 3. The van der Waals surface area contributed by atoms with Gasteiger partial charge in [0.15, 0.2) is 0 Å².